The van der Waals surface area contributed by atoms with Gasteiger partial charge in [-0.2, -0.15) is 0 Å². The summed E-state index contributed by atoms with van der Waals surface area (Å²) in [7, 11) is 1.78. The second-order valence-corrected chi connectivity index (χ2v) is 9.19. The number of benzene rings is 2. The molecule has 0 saturated carbocycles. The maximum atomic E-state index is 13.4. The molecule has 0 aliphatic carbocycles. The molecule has 0 spiro atoms. The van der Waals surface area contributed by atoms with Crippen molar-refractivity contribution in [1.29, 1.82) is 0 Å². The van der Waals surface area contributed by atoms with E-state index in [1.165, 1.54) is 17.0 Å². The van der Waals surface area contributed by atoms with Gasteiger partial charge < -0.3 is 5.32 Å². The van der Waals surface area contributed by atoms with Crippen molar-refractivity contribution >= 4 is 34.8 Å². The Morgan fingerprint density at radius 2 is 1.86 bits per heavy atom. The highest BCUT2D eigenvalue weighted by molar-refractivity contribution is 6.31. The molecule has 1 atom stereocenters. The fourth-order valence-corrected chi connectivity index (χ4v) is 4.29. The third kappa shape index (κ3) is 5.54. The maximum absolute atomic E-state index is 13.4. The van der Waals surface area contributed by atoms with E-state index in [0.29, 0.717) is 39.4 Å². The van der Waals surface area contributed by atoms with Gasteiger partial charge in [0.15, 0.2) is 0 Å². The molecule has 0 unspecified atom stereocenters. The van der Waals surface area contributed by atoms with E-state index in [1.54, 1.807) is 47.7 Å². The summed E-state index contributed by atoms with van der Waals surface area (Å²) >= 11 is 12.3. The molecule has 2 aromatic carbocycles. The van der Waals surface area contributed by atoms with Gasteiger partial charge in [-0.3, -0.25) is 35.0 Å². The van der Waals surface area contributed by atoms with Crippen LogP contribution in [0.2, 0.25) is 5.02 Å². The number of nitrogens with zero attached hydrogens (tertiary/aromatic N) is 4. The minimum absolute atomic E-state index is 0.291. The van der Waals surface area contributed by atoms with E-state index in [0.717, 1.165) is 5.56 Å². The molecular formula is C24H23Cl2N9O2. The summed E-state index contributed by atoms with van der Waals surface area (Å²) in [6.45, 7) is 0. The molecule has 1 aromatic heterocycles. The van der Waals surface area contributed by atoms with Crippen LogP contribution < -0.4 is 37.8 Å². The third-order valence-corrected chi connectivity index (χ3v) is 6.15. The van der Waals surface area contributed by atoms with Gasteiger partial charge in [-0.15, -0.1) is 11.1 Å². The Kier molecular flexibility index (Phi) is 7.01. The fourth-order valence-electron chi connectivity index (χ4n) is 3.98. The SMILES string of the molecule is CN1C=C(NC(=O)[C@H](Cc2ccccc2)n2cnc(-c3cc(Cl)ccc3N3C=C(Cl)NN3)cc2=O)NN1. The van der Waals surface area contributed by atoms with Crippen LogP contribution in [0.15, 0.2) is 89.1 Å². The normalized spacial score (nSPS) is 15.5. The summed E-state index contributed by atoms with van der Waals surface area (Å²) < 4.78 is 1.33. The van der Waals surface area contributed by atoms with Crippen molar-refractivity contribution in [3.8, 4) is 11.3 Å². The van der Waals surface area contributed by atoms with Crippen LogP contribution in [-0.2, 0) is 11.2 Å². The molecule has 0 fully saturated rings. The van der Waals surface area contributed by atoms with E-state index >= 15 is 0 Å². The highest BCUT2D eigenvalue weighted by atomic mass is 35.5. The summed E-state index contributed by atoms with van der Waals surface area (Å²) in [6, 6.07) is 15.2. The molecule has 190 valence electrons. The van der Waals surface area contributed by atoms with Crippen molar-refractivity contribution in [2.24, 2.45) is 0 Å². The number of carbonyl (C=O) groups excluding carboxylic acids is 1. The van der Waals surface area contributed by atoms with Crippen LogP contribution in [0.5, 0.6) is 0 Å². The number of hydrogen-bond donors (Lipinski definition) is 5. The van der Waals surface area contributed by atoms with E-state index in [4.69, 9.17) is 23.2 Å². The molecule has 13 heteroatoms. The molecule has 37 heavy (non-hydrogen) atoms. The largest absolute Gasteiger partial charge is 0.308 e. The standard InChI is InChI=1S/C24H23Cl2N9O2/c1-33-13-22(30-31-33)28-24(37)20(9-15-5-3-2-4-6-15)34-14-27-18(11-23(34)36)17-10-16(25)7-8-19(17)35-12-21(26)29-32-35/h2-8,10-14,20,29-32H,9H2,1H3,(H,28,37)/t20-/m0/s1. The van der Waals surface area contributed by atoms with Gasteiger partial charge in [-0.25, -0.2) is 4.98 Å². The molecule has 3 heterocycles. The predicted molar refractivity (Wildman–Crippen MR) is 141 cm³/mol. The number of carbonyl (C=O) groups is 1. The van der Waals surface area contributed by atoms with E-state index in [9.17, 15) is 9.59 Å². The van der Waals surface area contributed by atoms with Crippen molar-refractivity contribution in [3.05, 3.63) is 105 Å². The van der Waals surface area contributed by atoms with Crippen LogP contribution in [0.3, 0.4) is 0 Å². The van der Waals surface area contributed by atoms with E-state index in [2.05, 4.69) is 32.2 Å². The summed E-state index contributed by atoms with van der Waals surface area (Å²) in [4.78, 5) is 31.3. The van der Waals surface area contributed by atoms with Crippen LogP contribution in [-0.4, -0.2) is 27.5 Å². The zero-order chi connectivity index (χ0) is 25.9. The molecule has 2 aliphatic rings. The molecule has 5 rings (SSSR count). The van der Waals surface area contributed by atoms with Gasteiger partial charge in [0.25, 0.3) is 5.56 Å². The Balaban J connectivity index is 1.50. The number of anilines is 1. The highest BCUT2D eigenvalue weighted by Gasteiger charge is 2.25. The lowest BCUT2D eigenvalue weighted by atomic mass is 10.0. The van der Waals surface area contributed by atoms with Crippen LogP contribution >= 0.6 is 23.2 Å². The van der Waals surface area contributed by atoms with Gasteiger partial charge in [0.05, 0.1) is 30.1 Å². The molecule has 0 saturated heterocycles. The predicted octanol–water partition coefficient (Wildman–Crippen LogP) is 2.08. The summed E-state index contributed by atoms with van der Waals surface area (Å²) in [5, 5.41) is 7.00. The van der Waals surface area contributed by atoms with Crippen LogP contribution in [0.25, 0.3) is 11.3 Å². The van der Waals surface area contributed by atoms with Gasteiger partial charge >= 0.3 is 0 Å². The van der Waals surface area contributed by atoms with Crippen molar-refractivity contribution < 1.29 is 4.79 Å². The van der Waals surface area contributed by atoms with E-state index in [1.807, 2.05) is 30.3 Å². The smallest absolute Gasteiger partial charge is 0.254 e. The monoisotopic (exact) mass is 539 g/mol. The van der Waals surface area contributed by atoms with Gasteiger partial charge in [-0.05, 0) is 23.8 Å². The van der Waals surface area contributed by atoms with E-state index < -0.39 is 11.6 Å². The Labute approximate surface area is 222 Å². The third-order valence-electron chi connectivity index (χ3n) is 5.73. The average molecular weight is 540 g/mol. The molecule has 11 nitrogen and oxygen atoms in total. The van der Waals surface area contributed by atoms with Crippen molar-refractivity contribution in [2.75, 3.05) is 12.1 Å². The van der Waals surface area contributed by atoms with Crippen molar-refractivity contribution in [2.45, 2.75) is 12.5 Å². The van der Waals surface area contributed by atoms with Crippen molar-refractivity contribution in [1.82, 2.24) is 41.8 Å². The molecule has 3 aromatic rings. The Morgan fingerprint density at radius 3 is 2.54 bits per heavy atom. The first-order valence-corrected chi connectivity index (χ1v) is 12.0. The Hall–Kier alpha value is -4.03. The first-order valence-electron chi connectivity index (χ1n) is 11.2. The van der Waals surface area contributed by atoms with Gasteiger partial charge in [-0.1, -0.05) is 53.5 Å². The molecule has 2 aliphatic heterocycles. The molecular weight excluding hydrogens is 517 g/mol. The molecule has 0 radical (unpaired) electrons. The lowest BCUT2D eigenvalue weighted by Gasteiger charge is -2.21. The number of nitrogens with one attached hydrogen (secondary N) is 5. The minimum Gasteiger partial charge on any atom is -0.308 e. The summed E-state index contributed by atoms with van der Waals surface area (Å²) in [5.41, 5.74) is 13.6. The maximum Gasteiger partial charge on any atom is 0.254 e. The Bertz CT molecular complexity index is 1440. The van der Waals surface area contributed by atoms with Gasteiger partial charge in [0.2, 0.25) is 5.91 Å². The zero-order valence-corrected chi connectivity index (χ0v) is 21.1. The first-order chi connectivity index (χ1) is 17.9. The van der Waals surface area contributed by atoms with Crippen LogP contribution in [0.4, 0.5) is 5.69 Å². The lowest BCUT2D eigenvalue weighted by molar-refractivity contribution is -0.123. The lowest BCUT2D eigenvalue weighted by Crippen LogP contribution is -2.42. The van der Waals surface area contributed by atoms with Gasteiger partial charge in [0.1, 0.15) is 17.0 Å². The quantitative estimate of drug-likeness (QED) is 0.287. The number of amides is 1. The molecule has 0 bridgehead atoms. The number of rotatable bonds is 7. The first kappa shape index (κ1) is 24.7. The second kappa shape index (κ2) is 10.5. The van der Waals surface area contributed by atoms with Crippen molar-refractivity contribution in [3.63, 3.8) is 0 Å². The zero-order valence-electron chi connectivity index (χ0n) is 19.6. The average Bonchev–Trinajstić information content (AvgIpc) is 3.50. The highest BCUT2D eigenvalue weighted by Crippen LogP contribution is 2.32. The number of aromatic nitrogens is 2. The number of halogens is 2. The summed E-state index contributed by atoms with van der Waals surface area (Å²) in [5.74, 6) is 0.0946. The molecule has 1 amide bonds. The topological polar surface area (TPSA) is 119 Å². The summed E-state index contributed by atoms with van der Waals surface area (Å²) in [6.07, 6.45) is 5.01. The number of hydrazine groups is 4. The molecule has 5 N–H and O–H groups in total. The Morgan fingerprint density at radius 1 is 1.05 bits per heavy atom. The number of hydrogen-bond acceptors (Lipinski definition) is 9. The van der Waals surface area contributed by atoms with Gasteiger partial charge in [0, 0.05) is 30.1 Å². The van der Waals surface area contributed by atoms with Crippen LogP contribution in [0, 0.1) is 0 Å². The fraction of sp³-hybridized carbons (Fsp3) is 0.125. The van der Waals surface area contributed by atoms with Crippen LogP contribution in [0.1, 0.15) is 11.6 Å². The second-order valence-electron chi connectivity index (χ2n) is 8.35. The minimum atomic E-state index is -0.852. The van der Waals surface area contributed by atoms with E-state index in [-0.39, 0.29) is 5.91 Å².